The zero-order valence-corrected chi connectivity index (χ0v) is 73.0. The van der Waals surface area contributed by atoms with Gasteiger partial charge >= 0.3 is 0 Å². The number of benzene rings is 2. The summed E-state index contributed by atoms with van der Waals surface area (Å²) in [5.74, 6) is 2.49. The van der Waals surface area contributed by atoms with Crippen molar-refractivity contribution in [1.82, 2.24) is 52.0 Å². The number of ketones is 1. The summed E-state index contributed by atoms with van der Waals surface area (Å²) in [5, 5.41) is 10.9. The van der Waals surface area contributed by atoms with E-state index in [0.29, 0.717) is 13.0 Å². The zero-order valence-electron chi connectivity index (χ0n) is 73.0. The van der Waals surface area contributed by atoms with Crippen molar-refractivity contribution in [2.75, 3.05) is 47.8 Å². The van der Waals surface area contributed by atoms with Crippen LogP contribution in [0.15, 0.2) is 60.7 Å². The number of nitrogens with two attached hydrogens (primary N) is 4. The minimum atomic E-state index is -0.595. The molecule has 28 N–H and O–H groups in total. The van der Waals surface area contributed by atoms with Crippen LogP contribution < -0.4 is 65.2 Å². The summed E-state index contributed by atoms with van der Waals surface area (Å²) in [7, 11) is 6.00. The third kappa shape index (κ3) is 184. The SMILES string of the molecule is C=O.C=O.C=O.C=O.C=O.C=O.C=O.C=O.C=O.C=O.CC.CC.CC(=O)N1CCC[C@H]1C(=O)C[C@H](C(=O)N[C@@H](C)C(=O)N1CCCCC1)C(C)C.CC(C)C.CC(C)O.CCC(C)C.CCC(C)C.CCC(C)C.CCc1ccccc1.CCc1ccccc1.CN.CN.CN.CN.N.N.N.N.N.N. The number of Topliss-reactive ketones (excluding diaryl/α,β-unsaturated/α-hetero) is 1. The zero-order chi connectivity index (χ0) is 84.5. The van der Waals surface area contributed by atoms with Gasteiger partial charge in [0.05, 0.1) is 6.04 Å². The first-order valence-corrected chi connectivity index (χ1v) is 33.7. The maximum Gasteiger partial charge on any atom is 0.244 e. The number of aliphatic hydroxyl groups is 1. The summed E-state index contributed by atoms with van der Waals surface area (Å²) in [6, 6.07) is 19.9. The van der Waals surface area contributed by atoms with E-state index < -0.39 is 18.0 Å². The number of hydrogen-bond donors (Lipinski definition) is 12. The maximum absolute atomic E-state index is 12.8. The second kappa shape index (κ2) is 188. The largest absolute Gasteiger partial charge is 0.394 e. The number of amides is 3. The normalized spacial score (nSPS) is 10.1. The lowest BCUT2D eigenvalue weighted by atomic mass is 9.87. The van der Waals surface area contributed by atoms with Crippen LogP contribution in [-0.4, -0.2) is 172 Å². The van der Waals surface area contributed by atoms with E-state index in [4.69, 9.17) is 53.1 Å². The molecule has 28 heteroatoms. The average molecular weight is 1530 g/mol. The monoisotopic (exact) mass is 1530 g/mol. The van der Waals surface area contributed by atoms with Gasteiger partial charge in [0.1, 0.15) is 73.9 Å². The second-order valence-corrected chi connectivity index (χ2v) is 20.4. The van der Waals surface area contributed by atoms with Gasteiger partial charge in [-0.25, -0.2) is 0 Å². The van der Waals surface area contributed by atoms with E-state index in [1.54, 1.807) is 25.7 Å². The van der Waals surface area contributed by atoms with Crippen LogP contribution in [0.25, 0.3) is 0 Å². The highest BCUT2D eigenvalue weighted by Crippen LogP contribution is 2.24. The van der Waals surface area contributed by atoms with Crippen LogP contribution in [0.4, 0.5) is 0 Å². The van der Waals surface area contributed by atoms with Gasteiger partial charge < -0.3 is 128 Å². The number of aliphatic hydroxyl groups excluding tert-OH is 1. The third-order valence-corrected chi connectivity index (χ3v) is 10.9. The summed E-state index contributed by atoms with van der Waals surface area (Å²) in [4.78, 5) is 133. The Morgan fingerprint density at radius 2 is 0.667 bits per heavy atom. The van der Waals surface area contributed by atoms with Gasteiger partial charge in [-0.1, -0.05) is 218 Å². The molecule has 0 unspecified atom stereocenters. The second-order valence-electron chi connectivity index (χ2n) is 20.4. The van der Waals surface area contributed by atoms with Crippen molar-refractivity contribution in [2.45, 2.75) is 255 Å². The van der Waals surface area contributed by atoms with Crippen molar-refractivity contribution in [1.29, 1.82) is 0 Å². The molecule has 0 bridgehead atoms. The van der Waals surface area contributed by atoms with Crippen LogP contribution in [0.2, 0.25) is 0 Å². The van der Waals surface area contributed by atoms with Gasteiger partial charge in [0.15, 0.2) is 5.78 Å². The smallest absolute Gasteiger partial charge is 0.244 e. The molecule has 2 fully saturated rings. The lowest BCUT2D eigenvalue weighted by molar-refractivity contribution is -0.140. The van der Waals surface area contributed by atoms with Crippen LogP contribution >= 0.6 is 0 Å². The molecule has 2 aliphatic rings. The molecule has 2 saturated heterocycles. The van der Waals surface area contributed by atoms with Gasteiger partial charge in [-0.15, -0.1) is 0 Å². The lowest BCUT2D eigenvalue weighted by Crippen LogP contribution is -2.50. The van der Waals surface area contributed by atoms with E-state index in [2.05, 4.69) is 174 Å². The standard InChI is InChI=1S/C21H35N3O4.2C8H10.3C5H12.C4H10.C3H8O.2C2H6.4CH5N.10CH2O.6H3N/c1-14(2)17(13-19(26)18-9-8-12-24(18)16(4)25)20(27)22-15(3)21(28)23-10-6-5-7-11-23;2*1-2-8-6-4-3-5-7-8;3*1-4-5(2)3;1-4(2)3;1-3(2)4;16*1-2;;;;;;/h14-15,17-18H,5-13H2,1-4H3,(H,22,27);2*3-7H,2H2,1H3;3*5H,4H2,1-3H3;4H,1-3H3;3-4H,1-2H3;2*1-2H3;4*2H2,1H3;10*1H2;6*1H3/t15-,17-,18-;;;;;;;;;;;;;;;;;;;;;;;;;;;;;/m0............................./s1. The van der Waals surface area contributed by atoms with Crippen LogP contribution in [0.1, 0.15) is 235 Å². The minimum Gasteiger partial charge on any atom is -0.394 e. The van der Waals surface area contributed by atoms with E-state index in [1.807, 2.05) is 126 Å². The van der Waals surface area contributed by atoms with Gasteiger partial charge in [-0.2, -0.15) is 0 Å². The Morgan fingerprint density at radius 3 is 0.848 bits per heavy atom. The number of nitrogens with zero attached hydrogens (tertiary/aromatic N) is 2. The summed E-state index contributed by atoms with van der Waals surface area (Å²) in [6.45, 7) is 71.3. The number of nitrogens with one attached hydrogen (secondary N) is 1. The minimum absolute atomic E-state index is 0. The van der Waals surface area contributed by atoms with Crippen molar-refractivity contribution in [3.8, 4) is 0 Å². The Morgan fingerprint density at radius 1 is 0.438 bits per heavy atom. The topological polar surface area (TPSA) is 592 Å². The molecular formula is C77H179N13O15. The highest BCUT2D eigenvalue weighted by Gasteiger charge is 2.36. The molecule has 2 aliphatic heterocycles. The molecule has 3 amide bonds. The fraction of sp³-hybridized carbons (Fsp3) is 0.662. The molecule has 2 aromatic carbocycles. The Labute approximate surface area is 646 Å². The molecule has 0 radical (unpaired) electrons. The molecule has 0 aliphatic carbocycles. The van der Waals surface area contributed by atoms with Gasteiger partial charge in [0.25, 0.3) is 0 Å². The van der Waals surface area contributed by atoms with Crippen LogP contribution in [0.3, 0.4) is 0 Å². The number of piperidine rings is 1. The predicted molar refractivity (Wildman–Crippen MR) is 456 cm³/mol. The molecular weight excluding hydrogens is 1350 g/mol. The van der Waals surface area contributed by atoms with E-state index in [-0.39, 0.29) is 78.9 Å². The average Bonchev–Trinajstić information content (AvgIpc) is 1.80. The fourth-order valence-electron chi connectivity index (χ4n) is 5.66. The molecule has 0 spiro atoms. The van der Waals surface area contributed by atoms with E-state index in [1.165, 1.54) is 65.5 Å². The van der Waals surface area contributed by atoms with Crippen molar-refractivity contribution < 1.29 is 72.2 Å². The van der Waals surface area contributed by atoms with Crippen molar-refractivity contribution >= 4 is 91.4 Å². The molecule has 642 valence electrons. The Kier molecular flexibility index (Phi) is 318. The van der Waals surface area contributed by atoms with E-state index in [9.17, 15) is 19.2 Å². The number of aryl methyl sites for hydroxylation is 2. The van der Waals surface area contributed by atoms with Crippen molar-refractivity contribution in [3.05, 3.63) is 71.8 Å². The first-order valence-electron chi connectivity index (χ1n) is 33.7. The van der Waals surface area contributed by atoms with E-state index >= 15 is 0 Å². The van der Waals surface area contributed by atoms with Crippen molar-refractivity contribution in [2.24, 2.45) is 58.4 Å². The van der Waals surface area contributed by atoms with Gasteiger partial charge in [-0.05, 0) is 135 Å². The summed E-state index contributed by atoms with van der Waals surface area (Å²) in [5.41, 5.74) is 20.8. The summed E-state index contributed by atoms with van der Waals surface area (Å²) >= 11 is 0. The molecule has 28 nitrogen and oxygen atoms in total. The lowest BCUT2D eigenvalue weighted by Gasteiger charge is -2.30. The first kappa shape index (κ1) is 178. The number of likely N-dealkylation sites (tertiary alicyclic amines) is 2. The van der Waals surface area contributed by atoms with Crippen LogP contribution in [0.5, 0.6) is 0 Å². The van der Waals surface area contributed by atoms with Crippen LogP contribution in [-0.2, 0) is 80.0 Å². The number of carbonyl (C=O) groups is 14. The third-order valence-electron chi connectivity index (χ3n) is 10.9. The maximum atomic E-state index is 12.8. The number of carbonyl (C=O) groups excluding carboxylic acids is 14. The number of rotatable bonds is 12. The van der Waals surface area contributed by atoms with Gasteiger partial charge in [0.2, 0.25) is 17.7 Å². The summed E-state index contributed by atoms with van der Waals surface area (Å²) < 4.78 is 0. The molecule has 3 atom stereocenters. The highest BCUT2D eigenvalue weighted by atomic mass is 16.3. The molecule has 0 aromatic heterocycles. The Bertz CT molecular complexity index is 1570. The quantitative estimate of drug-likeness (QED) is 0.0939. The summed E-state index contributed by atoms with van der Waals surface area (Å²) in [6.07, 6.45) is 10.8. The Hall–Kier alpha value is -7.22. The molecule has 4 rings (SSSR count). The predicted octanol–water partition coefficient (Wildman–Crippen LogP) is 13.9. The molecule has 105 heavy (non-hydrogen) atoms. The highest BCUT2D eigenvalue weighted by molar-refractivity contribution is 5.94. The molecule has 2 heterocycles. The van der Waals surface area contributed by atoms with E-state index in [0.717, 1.165) is 75.3 Å². The first-order chi connectivity index (χ1) is 47.4. The van der Waals surface area contributed by atoms with Crippen molar-refractivity contribution in [3.63, 3.8) is 0 Å². The van der Waals surface area contributed by atoms with Crippen LogP contribution in [0, 0.1) is 35.5 Å². The fourth-order valence-corrected chi connectivity index (χ4v) is 5.66. The Balaban J connectivity index is -0.0000000288. The van der Waals surface area contributed by atoms with Gasteiger partial charge in [0, 0.05) is 45.0 Å². The number of hydrogen-bond acceptors (Lipinski definition) is 25. The molecule has 2 aromatic rings. The molecule has 0 saturated carbocycles. The van der Waals surface area contributed by atoms with Gasteiger partial charge in [-0.3, -0.25) is 19.2 Å².